The lowest BCUT2D eigenvalue weighted by Crippen LogP contribution is -2.28. The third-order valence-electron chi connectivity index (χ3n) is 3.74. The molecule has 0 fully saturated rings. The van der Waals surface area contributed by atoms with Gasteiger partial charge in [-0.15, -0.1) is 11.3 Å². The van der Waals surface area contributed by atoms with Crippen molar-refractivity contribution in [2.45, 2.75) is 30.9 Å². The zero-order valence-corrected chi connectivity index (χ0v) is 15.4. The maximum absolute atomic E-state index is 12.5. The Bertz CT molecular complexity index is 815. The van der Waals surface area contributed by atoms with Crippen LogP contribution in [-0.2, 0) is 30.5 Å². The van der Waals surface area contributed by atoms with Gasteiger partial charge in [0, 0.05) is 6.42 Å². The largest absolute Gasteiger partial charge is 0.468 e. The number of hydrogen-bond acceptors (Lipinski definition) is 8. The average molecular weight is 374 g/mol. The molecule has 7 nitrogen and oxygen atoms in total. The minimum Gasteiger partial charge on any atom is -0.468 e. The predicted molar refractivity (Wildman–Crippen MR) is 86.2 cm³/mol. The highest BCUT2D eigenvalue weighted by Crippen LogP contribution is 2.43. The van der Waals surface area contributed by atoms with E-state index in [0.29, 0.717) is 23.3 Å². The molecule has 0 saturated heterocycles. The minimum atomic E-state index is -4.09. The van der Waals surface area contributed by atoms with Gasteiger partial charge in [0.05, 0.1) is 19.8 Å². The lowest BCUT2D eigenvalue weighted by atomic mass is 9.74. The van der Waals surface area contributed by atoms with E-state index in [1.165, 1.54) is 7.11 Å². The smallest absolute Gasteiger partial charge is 0.348 e. The van der Waals surface area contributed by atoms with Crippen LogP contribution in [-0.4, -0.2) is 46.1 Å². The summed E-state index contributed by atoms with van der Waals surface area (Å²) in [4.78, 5) is 36.0. The van der Waals surface area contributed by atoms with Crippen LogP contribution in [0.15, 0.2) is 4.21 Å². The molecule has 24 heavy (non-hydrogen) atoms. The molecule has 0 amide bonds. The van der Waals surface area contributed by atoms with Crippen LogP contribution in [0.5, 0.6) is 0 Å². The normalized spacial score (nSPS) is 16.4. The molecule has 0 N–H and O–H groups in total. The van der Waals surface area contributed by atoms with Crippen molar-refractivity contribution in [3.8, 4) is 0 Å². The van der Waals surface area contributed by atoms with Crippen molar-refractivity contribution in [3.63, 3.8) is 0 Å². The number of Topliss-reactive ketones (excluding diaryl/α,β-unsaturated/α-hetero) is 1. The monoisotopic (exact) mass is 374 g/mol. The number of ketones is 1. The van der Waals surface area contributed by atoms with Crippen LogP contribution in [0.3, 0.4) is 0 Å². The van der Waals surface area contributed by atoms with Crippen molar-refractivity contribution in [2.24, 2.45) is 5.41 Å². The van der Waals surface area contributed by atoms with E-state index < -0.39 is 32.9 Å². The van der Waals surface area contributed by atoms with Gasteiger partial charge in [-0.3, -0.25) is 9.59 Å². The molecule has 0 aromatic carbocycles. The number of fused-ring (bicyclic) bond motifs is 1. The topological polar surface area (TPSA) is 104 Å². The van der Waals surface area contributed by atoms with Crippen molar-refractivity contribution < 1.29 is 32.3 Å². The summed E-state index contributed by atoms with van der Waals surface area (Å²) in [6.07, 6.45) is 0.543. The van der Waals surface area contributed by atoms with Gasteiger partial charge in [-0.05, 0) is 17.4 Å². The number of ether oxygens (including phenoxy) is 2. The van der Waals surface area contributed by atoms with Crippen LogP contribution in [0, 0.1) is 5.41 Å². The molecule has 0 unspecified atom stereocenters. The molecule has 1 aromatic heterocycles. The molecule has 1 heterocycles. The number of carbonyl (C=O) groups excluding carboxylic acids is 3. The Kier molecular flexibility index (Phi) is 4.87. The first-order valence-electron chi connectivity index (χ1n) is 7.09. The second-order valence-corrected chi connectivity index (χ2v) is 9.55. The SMILES string of the molecule is COC(=O)CS(=O)(=O)c1sc(C(=O)OC)c2c1C(=O)CC(C)(C)C2. The number of thiophene rings is 1. The third kappa shape index (κ3) is 3.36. The van der Waals surface area contributed by atoms with Gasteiger partial charge < -0.3 is 9.47 Å². The molecule has 1 aliphatic rings. The fraction of sp³-hybridized carbons (Fsp3) is 0.533. The summed E-state index contributed by atoms with van der Waals surface area (Å²) in [5.41, 5.74) is 0.0114. The zero-order valence-electron chi connectivity index (χ0n) is 13.8. The quantitative estimate of drug-likeness (QED) is 0.738. The second-order valence-electron chi connectivity index (χ2n) is 6.34. The summed E-state index contributed by atoms with van der Waals surface area (Å²) in [5.74, 6) is -2.86. The van der Waals surface area contributed by atoms with Gasteiger partial charge in [-0.1, -0.05) is 13.8 Å². The maximum atomic E-state index is 12.5. The van der Waals surface area contributed by atoms with E-state index in [1.807, 2.05) is 13.8 Å². The molecule has 2 rings (SSSR count). The number of carbonyl (C=O) groups is 3. The number of methoxy groups -OCH3 is 2. The summed E-state index contributed by atoms with van der Waals surface area (Å²) >= 11 is 0.681. The van der Waals surface area contributed by atoms with Crippen molar-refractivity contribution >= 4 is 38.9 Å². The van der Waals surface area contributed by atoms with Crippen molar-refractivity contribution in [1.29, 1.82) is 0 Å². The standard InChI is InChI=1S/C15H18O7S2/c1-15(2)5-8-11(9(16)6-15)14(23-12(8)13(18)22-4)24(19,20)7-10(17)21-3/h5-7H2,1-4H3. The van der Waals surface area contributed by atoms with E-state index in [0.717, 1.165) is 7.11 Å². The number of rotatable bonds is 4. The average Bonchev–Trinajstić information content (AvgIpc) is 2.84. The molecule has 9 heteroatoms. The summed E-state index contributed by atoms with van der Waals surface area (Å²) in [6.45, 7) is 3.74. The van der Waals surface area contributed by atoms with Crippen LogP contribution in [0.25, 0.3) is 0 Å². The highest BCUT2D eigenvalue weighted by Gasteiger charge is 2.41. The Morgan fingerprint density at radius 1 is 1.17 bits per heavy atom. The molecule has 1 aromatic rings. The molecule has 0 aliphatic heterocycles. The molecule has 0 spiro atoms. The Balaban J connectivity index is 2.68. The number of esters is 2. The molecule has 0 atom stereocenters. The summed E-state index contributed by atoms with van der Waals surface area (Å²) < 4.78 is 33.9. The predicted octanol–water partition coefficient (Wildman–Crippen LogP) is 1.64. The van der Waals surface area contributed by atoms with Gasteiger partial charge in [0.15, 0.2) is 21.4 Å². The fourth-order valence-corrected chi connectivity index (χ4v) is 5.74. The molecular formula is C15H18O7S2. The van der Waals surface area contributed by atoms with Gasteiger partial charge in [-0.2, -0.15) is 0 Å². The van der Waals surface area contributed by atoms with Gasteiger partial charge in [-0.25, -0.2) is 13.2 Å². The maximum Gasteiger partial charge on any atom is 0.348 e. The highest BCUT2D eigenvalue weighted by molar-refractivity contribution is 7.94. The minimum absolute atomic E-state index is 0.0172. The Morgan fingerprint density at radius 2 is 1.79 bits per heavy atom. The van der Waals surface area contributed by atoms with E-state index in [2.05, 4.69) is 4.74 Å². The molecule has 0 bridgehead atoms. The summed E-state index contributed by atoms with van der Waals surface area (Å²) in [6, 6.07) is 0. The lowest BCUT2D eigenvalue weighted by molar-refractivity contribution is -0.137. The number of hydrogen-bond donors (Lipinski definition) is 0. The highest BCUT2D eigenvalue weighted by atomic mass is 32.2. The summed E-state index contributed by atoms with van der Waals surface area (Å²) in [7, 11) is -1.82. The van der Waals surface area contributed by atoms with Gasteiger partial charge >= 0.3 is 11.9 Å². The van der Waals surface area contributed by atoms with E-state index in [9.17, 15) is 22.8 Å². The molecule has 1 aliphatic carbocycles. The van der Waals surface area contributed by atoms with Crippen molar-refractivity contribution in [2.75, 3.05) is 20.0 Å². The lowest BCUT2D eigenvalue weighted by Gasteiger charge is -2.29. The molecular weight excluding hydrogens is 356 g/mol. The molecule has 0 saturated carbocycles. The first-order valence-corrected chi connectivity index (χ1v) is 9.56. The molecule has 132 valence electrons. The number of sulfone groups is 1. The molecule has 0 radical (unpaired) electrons. The van der Waals surface area contributed by atoms with Crippen molar-refractivity contribution in [3.05, 3.63) is 16.0 Å². The van der Waals surface area contributed by atoms with Crippen LogP contribution in [0.2, 0.25) is 0 Å². The van der Waals surface area contributed by atoms with E-state index in [-0.39, 0.29) is 26.9 Å². The van der Waals surface area contributed by atoms with Crippen LogP contribution < -0.4 is 0 Å². The van der Waals surface area contributed by atoms with E-state index >= 15 is 0 Å². The summed E-state index contributed by atoms with van der Waals surface area (Å²) in [5, 5.41) is 0. The van der Waals surface area contributed by atoms with E-state index in [1.54, 1.807) is 0 Å². The Labute approximate surface area is 143 Å². The van der Waals surface area contributed by atoms with Crippen LogP contribution in [0.1, 0.15) is 45.9 Å². The Morgan fingerprint density at radius 3 is 2.33 bits per heavy atom. The first kappa shape index (κ1) is 18.6. The van der Waals surface area contributed by atoms with Gasteiger partial charge in [0.2, 0.25) is 0 Å². The Hall–Kier alpha value is -1.74. The fourth-order valence-electron chi connectivity index (χ4n) is 2.71. The second kappa shape index (κ2) is 6.29. The van der Waals surface area contributed by atoms with Gasteiger partial charge in [0.1, 0.15) is 9.09 Å². The van der Waals surface area contributed by atoms with Crippen LogP contribution >= 0.6 is 11.3 Å². The van der Waals surface area contributed by atoms with E-state index in [4.69, 9.17) is 4.74 Å². The van der Waals surface area contributed by atoms with Crippen LogP contribution in [0.4, 0.5) is 0 Å². The van der Waals surface area contributed by atoms with Crippen molar-refractivity contribution in [1.82, 2.24) is 0 Å². The first-order chi connectivity index (χ1) is 11.0. The van der Waals surface area contributed by atoms with Gasteiger partial charge in [0.25, 0.3) is 0 Å². The third-order valence-corrected chi connectivity index (χ3v) is 7.14. The zero-order chi connectivity index (χ0) is 18.3.